The molecule has 0 spiro atoms. The average molecular weight is 371 g/mol. The zero-order valence-corrected chi connectivity index (χ0v) is 14.9. The quantitative estimate of drug-likeness (QED) is 0.772. The lowest BCUT2D eigenvalue weighted by atomic mass is 9.96. The molecule has 1 saturated heterocycles. The summed E-state index contributed by atoms with van der Waals surface area (Å²) in [6, 6.07) is 3.37. The Hall–Kier alpha value is -3.03. The molecule has 0 unspecified atom stereocenters. The zero-order chi connectivity index (χ0) is 19.1. The van der Waals surface area contributed by atoms with Crippen LogP contribution in [0, 0.1) is 5.92 Å². The Labute approximate surface area is 154 Å². The third kappa shape index (κ3) is 2.90. The number of benzene rings is 1. The van der Waals surface area contributed by atoms with Crippen molar-refractivity contribution in [1.29, 1.82) is 0 Å². The van der Waals surface area contributed by atoms with Crippen LogP contribution < -0.4 is 20.0 Å². The van der Waals surface area contributed by atoms with Crippen LogP contribution in [0.1, 0.15) is 30.1 Å². The fourth-order valence-corrected chi connectivity index (χ4v) is 3.68. The molecular weight excluding hydrogens is 352 g/mol. The number of aliphatic carboxylic acids is 1. The molecule has 1 amide bonds. The molecule has 8 nitrogen and oxygen atoms in total. The van der Waals surface area contributed by atoms with Crippen LogP contribution in [0.25, 0.3) is 10.9 Å². The number of hydrogen-bond donors (Lipinski definition) is 0. The molecule has 1 aromatic heterocycles. The number of piperidine rings is 1. The van der Waals surface area contributed by atoms with Gasteiger partial charge in [-0.2, -0.15) is 0 Å². The number of fused-ring (bicyclic) bond motifs is 2. The molecule has 2 aliphatic rings. The maximum Gasteiger partial charge on any atom is 0.259 e. The Balaban J connectivity index is 1.73. The molecule has 4 rings (SSSR count). The van der Waals surface area contributed by atoms with E-state index in [1.54, 1.807) is 18.3 Å². The van der Waals surface area contributed by atoms with E-state index in [1.807, 2.05) is 11.5 Å². The third-order valence-electron chi connectivity index (χ3n) is 5.26. The molecule has 1 aromatic carbocycles. The van der Waals surface area contributed by atoms with E-state index in [1.165, 1.54) is 4.90 Å². The largest absolute Gasteiger partial charge is 0.550 e. The summed E-state index contributed by atoms with van der Waals surface area (Å²) in [6.07, 6.45) is 2.24. The smallest absolute Gasteiger partial charge is 0.259 e. The second kappa shape index (κ2) is 6.61. The minimum absolute atomic E-state index is 0.0788. The Morgan fingerprint density at radius 1 is 1.19 bits per heavy atom. The summed E-state index contributed by atoms with van der Waals surface area (Å²) in [5.74, 6) is -0.942. The third-order valence-corrected chi connectivity index (χ3v) is 5.26. The molecule has 8 heteroatoms. The first-order valence-electron chi connectivity index (χ1n) is 8.96. The SMILES string of the molecule is CCn1cc(C(=O)N2CCC(C(=O)[O-])CC2)c(=O)c2cc3c(cc21)OCO3. The van der Waals surface area contributed by atoms with Gasteiger partial charge in [-0.25, -0.2) is 0 Å². The van der Waals surface area contributed by atoms with Crippen molar-refractivity contribution >= 4 is 22.8 Å². The lowest BCUT2D eigenvalue weighted by Crippen LogP contribution is -2.44. The van der Waals surface area contributed by atoms with Crippen molar-refractivity contribution in [3.63, 3.8) is 0 Å². The van der Waals surface area contributed by atoms with Gasteiger partial charge in [0.05, 0.1) is 10.9 Å². The van der Waals surface area contributed by atoms with Crippen molar-refractivity contribution < 1.29 is 24.2 Å². The number of carboxylic acid groups (broad SMARTS) is 1. The predicted octanol–water partition coefficient (Wildman–Crippen LogP) is 0.352. The molecule has 2 aliphatic heterocycles. The Morgan fingerprint density at radius 3 is 2.48 bits per heavy atom. The summed E-state index contributed by atoms with van der Waals surface area (Å²) >= 11 is 0. The number of pyridine rings is 1. The molecule has 27 heavy (non-hydrogen) atoms. The summed E-state index contributed by atoms with van der Waals surface area (Å²) < 4.78 is 12.6. The van der Waals surface area contributed by atoms with E-state index >= 15 is 0 Å². The molecule has 2 aromatic rings. The van der Waals surface area contributed by atoms with Crippen LogP contribution in [-0.4, -0.2) is 41.2 Å². The van der Waals surface area contributed by atoms with Crippen LogP contribution in [0.2, 0.25) is 0 Å². The first-order valence-corrected chi connectivity index (χ1v) is 8.96. The summed E-state index contributed by atoms with van der Waals surface area (Å²) in [4.78, 5) is 38.5. The van der Waals surface area contributed by atoms with Crippen LogP contribution >= 0.6 is 0 Å². The number of carbonyl (C=O) groups is 2. The Kier molecular flexibility index (Phi) is 4.25. The molecule has 0 N–H and O–H groups in total. The molecule has 0 aliphatic carbocycles. The molecular formula is C19H19N2O6-. The zero-order valence-electron chi connectivity index (χ0n) is 14.9. The van der Waals surface area contributed by atoms with Gasteiger partial charge in [0, 0.05) is 43.8 Å². The standard InChI is InChI=1S/C19H20N2O6/c1-2-20-9-13(18(23)21-5-3-11(4-6-21)19(24)25)17(22)12-7-15-16(8-14(12)20)27-10-26-15/h7-9,11H,2-6,10H2,1H3,(H,24,25)/p-1. The van der Waals surface area contributed by atoms with Gasteiger partial charge in [0.25, 0.3) is 5.91 Å². The lowest BCUT2D eigenvalue weighted by Gasteiger charge is -2.32. The van der Waals surface area contributed by atoms with E-state index in [2.05, 4.69) is 0 Å². The number of amides is 1. The molecule has 142 valence electrons. The molecule has 3 heterocycles. The van der Waals surface area contributed by atoms with Gasteiger partial charge in [0.2, 0.25) is 12.2 Å². The average Bonchev–Trinajstić information content (AvgIpc) is 3.14. The fraction of sp³-hybridized carbons (Fsp3) is 0.421. The second-order valence-electron chi connectivity index (χ2n) is 6.77. The van der Waals surface area contributed by atoms with Crippen LogP contribution in [0.3, 0.4) is 0 Å². The number of hydrogen-bond acceptors (Lipinski definition) is 6. The minimum Gasteiger partial charge on any atom is -0.550 e. The van der Waals surface area contributed by atoms with Crippen LogP contribution in [-0.2, 0) is 11.3 Å². The number of ether oxygens (including phenoxy) is 2. The van der Waals surface area contributed by atoms with Gasteiger partial charge >= 0.3 is 0 Å². The van der Waals surface area contributed by atoms with Gasteiger partial charge in [-0.3, -0.25) is 9.59 Å². The van der Waals surface area contributed by atoms with Gasteiger partial charge in [-0.1, -0.05) is 0 Å². The van der Waals surface area contributed by atoms with Crippen LogP contribution in [0.4, 0.5) is 0 Å². The minimum atomic E-state index is -1.09. The highest BCUT2D eigenvalue weighted by molar-refractivity contribution is 5.98. The van der Waals surface area contributed by atoms with Crippen molar-refractivity contribution in [3.8, 4) is 11.5 Å². The van der Waals surface area contributed by atoms with E-state index in [4.69, 9.17) is 9.47 Å². The first-order chi connectivity index (χ1) is 13.0. The van der Waals surface area contributed by atoms with Crippen molar-refractivity contribution in [2.24, 2.45) is 5.92 Å². The second-order valence-corrected chi connectivity index (χ2v) is 6.77. The van der Waals surface area contributed by atoms with E-state index in [0.29, 0.717) is 54.9 Å². The highest BCUT2D eigenvalue weighted by Crippen LogP contribution is 2.35. The van der Waals surface area contributed by atoms with Crippen LogP contribution in [0.15, 0.2) is 23.1 Å². The van der Waals surface area contributed by atoms with Gasteiger partial charge in [-0.15, -0.1) is 0 Å². The highest BCUT2D eigenvalue weighted by Gasteiger charge is 2.27. The highest BCUT2D eigenvalue weighted by atomic mass is 16.7. The number of aryl methyl sites for hydroxylation is 1. The molecule has 0 saturated carbocycles. The monoisotopic (exact) mass is 371 g/mol. The first kappa shape index (κ1) is 17.4. The molecule has 0 radical (unpaired) electrons. The number of nitrogens with zero attached hydrogens (tertiary/aromatic N) is 2. The number of carboxylic acids is 1. The van der Waals surface area contributed by atoms with Gasteiger partial charge in [0.15, 0.2) is 11.5 Å². The van der Waals surface area contributed by atoms with Crippen molar-refractivity contribution in [1.82, 2.24) is 9.47 Å². The van der Waals surface area contributed by atoms with E-state index in [0.717, 1.165) is 0 Å². The number of aromatic nitrogens is 1. The summed E-state index contributed by atoms with van der Waals surface area (Å²) in [7, 11) is 0. The fourth-order valence-electron chi connectivity index (χ4n) is 3.68. The predicted molar refractivity (Wildman–Crippen MR) is 93.6 cm³/mol. The van der Waals surface area contributed by atoms with E-state index in [-0.39, 0.29) is 23.7 Å². The lowest BCUT2D eigenvalue weighted by molar-refractivity contribution is -0.312. The normalized spacial score (nSPS) is 16.7. The number of carbonyl (C=O) groups excluding carboxylic acids is 2. The summed E-state index contributed by atoms with van der Waals surface area (Å²) in [6.45, 7) is 3.19. The Bertz CT molecular complexity index is 988. The topological polar surface area (TPSA) is 101 Å². The van der Waals surface area contributed by atoms with Crippen molar-refractivity contribution in [3.05, 3.63) is 34.1 Å². The number of likely N-dealkylation sites (tertiary alicyclic amines) is 1. The van der Waals surface area contributed by atoms with Crippen molar-refractivity contribution in [2.75, 3.05) is 19.9 Å². The van der Waals surface area contributed by atoms with E-state index in [9.17, 15) is 19.5 Å². The van der Waals surface area contributed by atoms with Crippen molar-refractivity contribution in [2.45, 2.75) is 26.3 Å². The maximum atomic E-state index is 13.0. The van der Waals surface area contributed by atoms with Crippen LogP contribution in [0.5, 0.6) is 11.5 Å². The maximum absolute atomic E-state index is 13.0. The molecule has 0 bridgehead atoms. The molecule has 0 atom stereocenters. The van der Waals surface area contributed by atoms with Gasteiger partial charge in [-0.05, 0) is 25.8 Å². The van der Waals surface area contributed by atoms with Gasteiger partial charge in [0.1, 0.15) is 5.56 Å². The number of rotatable bonds is 3. The molecule has 1 fully saturated rings. The summed E-state index contributed by atoms with van der Waals surface area (Å²) in [5, 5.41) is 11.4. The summed E-state index contributed by atoms with van der Waals surface area (Å²) in [5.41, 5.74) is 0.397. The van der Waals surface area contributed by atoms with E-state index < -0.39 is 11.9 Å². The van der Waals surface area contributed by atoms with Gasteiger partial charge < -0.3 is 28.8 Å². The Morgan fingerprint density at radius 2 is 1.85 bits per heavy atom.